The first-order chi connectivity index (χ1) is 10.7. The van der Waals surface area contributed by atoms with Gasteiger partial charge < -0.3 is 24.8 Å². The highest BCUT2D eigenvalue weighted by atomic mass is 16.6. The van der Waals surface area contributed by atoms with E-state index in [1.54, 1.807) is 0 Å². The maximum absolute atomic E-state index is 9.95. The quantitative estimate of drug-likeness (QED) is 0.400. The zero-order valence-corrected chi connectivity index (χ0v) is 13.7. The summed E-state index contributed by atoms with van der Waals surface area (Å²) in [4.78, 5) is 0. The fourth-order valence-electron chi connectivity index (χ4n) is 2.62. The second kappa shape index (κ2) is 12.0. The SMILES string of the molecule is CCCCCCCC/C=C/CO[C@@H]1[C@@H](O)[C@H](CO)OC[C@H]1O. The monoisotopic (exact) mass is 316 g/mol. The molecule has 0 amide bonds. The van der Waals surface area contributed by atoms with Crippen molar-refractivity contribution < 1.29 is 24.8 Å². The molecule has 5 heteroatoms. The molecule has 0 spiro atoms. The Kier molecular flexibility index (Phi) is 10.7. The van der Waals surface area contributed by atoms with Gasteiger partial charge in [-0.05, 0) is 12.8 Å². The van der Waals surface area contributed by atoms with Crippen LogP contribution < -0.4 is 0 Å². The highest BCUT2D eigenvalue weighted by Gasteiger charge is 2.38. The van der Waals surface area contributed by atoms with E-state index < -0.39 is 24.4 Å². The van der Waals surface area contributed by atoms with E-state index in [2.05, 4.69) is 13.0 Å². The van der Waals surface area contributed by atoms with Crippen LogP contribution in [-0.4, -0.2) is 59.6 Å². The number of allylic oxidation sites excluding steroid dienone is 1. The minimum Gasteiger partial charge on any atom is -0.394 e. The van der Waals surface area contributed by atoms with Crippen molar-refractivity contribution in [1.29, 1.82) is 0 Å². The standard InChI is InChI=1S/C17H32O5/c1-2-3-4-5-6-7-8-9-10-11-21-17-14(19)13-22-15(12-18)16(17)20/h9-10,14-20H,2-8,11-13H2,1H3/b10-9+/t14-,15+,16+,17+/m1/s1. The summed E-state index contributed by atoms with van der Waals surface area (Å²) in [6.07, 6.45) is 9.50. The van der Waals surface area contributed by atoms with Crippen LogP contribution >= 0.6 is 0 Å². The molecule has 1 aliphatic heterocycles. The second-order valence-electron chi connectivity index (χ2n) is 5.94. The van der Waals surface area contributed by atoms with Gasteiger partial charge in [0.25, 0.3) is 0 Å². The number of ether oxygens (including phenoxy) is 2. The summed E-state index contributed by atoms with van der Waals surface area (Å²) in [5, 5.41) is 28.8. The highest BCUT2D eigenvalue weighted by molar-refractivity contribution is 4.89. The Morgan fingerprint density at radius 3 is 2.55 bits per heavy atom. The molecule has 0 radical (unpaired) electrons. The lowest BCUT2D eigenvalue weighted by Crippen LogP contribution is -2.55. The Morgan fingerprint density at radius 1 is 1.09 bits per heavy atom. The van der Waals surface area contributed by atoms with Crippen LogP contribution in [0.2, 0.25) is 0 Å². The third-order valence-corrected chi connectivity index (χ3v) is 4.03. The molecule has 0 aromatic heterocycles. The second-order valence-corrected chi connectivity index (χ2v) is 5.94. The number of hydrogen-bond donors (Lipinski definition) is 3. The van der Waals surface area contributed by atoms with Gasteiger partial charge in [-0.3, -0.25) is 0 Å². The smallest absolute Gasteiger partial charge is 0.114 e. The molecular weight excluding hydrogens is 284 g/mol. The molecule has 5 nitrogen and oxygen atoms in total. The van der Waals surface area contributed by atoms with E-state index in [-0.39, 0.29) is 13.2 Å². The summed E-state index contributed by atoms with van der Waals surface area (Å²) < 4.78 is 10.7. The van der Waals surface area contributed by atoms with Gasteiger partial charge in [0.05, 0.1) is 19.8 Å². The fourth-order valence-corrected chi connectivity index (χ4v) is 2.62. The molecule has 3 N–H and O–H groups in total. The number of aliphatic hydroxyl groups is 3. The Labute approximate surface area is 133 Å². The number of unbranched alkanes of at least 4 members (excludes halogenated alkanes) is 6. The van der Waals surface area contributed by atoms with Gasteiger partial charge in [0.2, 0.25) is 0 Å². The van der Waals surface area contributed by atoms with Crippen LogP contribution in [0.5, 0.6) is 0 Å². The molecule has 1 rings (SSSR count). The molecule has 1 aliphatic rings. The van der Waals surface area contributed by atoms with E-state index in [0.717, 1.165) is 6.42 Å². The highest BCUT2D eigenvalue weighted by Crippen LogP contribution is 2.18. The Hall–Kier alpha value is -0.460. The van der Waals surface area contributed by atoms with E-state index in [0.29, 0.717) is 6.61 Å². The first kappa shape index (κ1) is 19.6. The van der Waals surface area contributed by atoms with Crippen LogP contribution in [0.4, 0.5) is 0 Å². The molecule has 0 unspecified atom stereocenters. The maximum atomic E-state index is 9.95. The summed E-state index contributed by atoms with van der Waals surface area (Å²) in [7, 11) is 0. The van der Waals surface area contributed by atoms with E-state index in [1.807, 2.05) is 6.08 Å². The van der Waals surface area contributed by atoms with Crippen LogP contribution in [-0.2, 0) is 9.47 Å². The molecule has 1 fully saturated rings. The number of hydrogen-bond acceptors (Lipinski definition) is 5. The normalized spacial score (nSPS) is 29.3. The summed E-state index contributed by atoms with van der Waals surface area (Å²) in [6.45, 7) is 2.38. The largest absolute Gasteiger partial charge is 0.394 e. The lowest BCUT2D eigenvalue weighted by atomic mass is 10.0. The van der Waals surface area contributed by atoms with E-state index >= 15 is 0 Å². The lowest BCUT2D eigenvalue weighted by molar-refractivity contribution is -0.207. The van der Waals surface area contributed by atoms with Gasteiger partial charge in [0.15, 0.2) is 0 Å². The first-order valence-electron chi connectivity index (χ1n) is 8.55. The van der Waals surface area contributed by atoms with Crippen LogP contribution in [0.1, 0.15) is 51.9 Å². The Morgan fingerprint density at radius 2 is 1.82 bits per heavy atom. The molecule has 130 valence electrons. The van der Waals surface area contributed by atoms with Crippen molar-refractivity contribution in [1.82, 2.24) is 0 Å². The van der Waals surface area contributed by atoms with Gasteiger partial charge in [-0.15, -0.1) is 0 Å². The van der Waals surface area contributed by atoms with Crippen molar-refractivity contribution in [3.05, 3.63) is 12.2 Å². The summed E-state index contributed by atoms with van der Waals surface area (Å²) in [5.74, 6) is 0. The molecular formula is C17H32O5. The van der Waals surface area contributed by atoms with Gasteiger partial charge in [-0.2, -0.15) is 0 Å². The molecule has 0 aromatic rings. The minimum absolute atomic E-state index is 0.0778. The molecule has 0 aromatic carbocycles. The topological polar surface area (TPSA) is 79.2 Å². The molecule has 22 heavy (non-hydrogen) atoms. The van der Waals surface area contributed by atoms with Gasteiger partial charge in [0, 0.05) is 0 Å². The average molecular weight is 316 g/mol. The zero-order valence-electron chi connectivity index (χ0n) is 13.7. The summed E-state index contributed by atoms with van der Waals surface area (Å²) in [6, 6.07) is 0. The predicted octanol–water partition coefficient (Wildman–Crippen LogP) is 1.79. The Balaban J connectivity index is 2.10. The van der Waals surface area contributed by atoms with Gasteiger partial charge in [-0.1, -0.05) is 51.2 Å². The van der Waals surface area contributed by atoms with Gasteiger partial charge >= 0.3 is 0 Å². The molecule has 4 atom stereocenters. The van der Waals surface area contributed by atoms with Crippen LogP contribution in [0.15, 0.2) is 12.2 Å². The third kappa shape index (κ3) is 7.20. The predicted molar refractivity (Wildman–Crippen MR) is 85.7 cm³/mol. The molecule has 1 saturated heterocycles. The van der Waals surface area contributed by atoms with E-state index in [1.165, 1.54) is 38.5 Å². The number of rotatable bonds is 11. The Bertz CT molecular complexity index is 295. The zero-order chi connectivity index (χ0) is 16.2. The van der Waals surface area contributed by atoms with Crippen molar-refractivity contribution >= 4 is 0 Å². The third-order valence-electron chi connectivity index (χ3n) is 4.03. The molecule has 0 bridgehead atoms. The lowest BCUT2D eigenvalue weighted by Gasteiger charge is -2.36. The van der Waals surface area contributed by atoms with Crippen molar-refractivity contribution in [2.75, 3.05) is 19.8 Å². The molecule has 0 aliphatic carbocycles. The van der Waals surface area contributed by atoms with Crippen molar-refractivity contribution in [3.63, 3.8) is 0 Å². The fraction of sp³-hybridized carbons (Fsp3) is 0.882. The van der Waals surface area contributed by atoms with E-state index in [9.17, 15) is 10.2 Å². The van der Waals surface area contributed by atoms with Crippen molar-refractivity contribution in [3.8, 4) is 0 Å². The van der Waals surface area contributed by atoms with Gasteiger partial charge in [0.1, 0.15) is 24.4 Å². The van der Waals surface area contributed by atoms with Crippen molar-refractivity contribution in [2.24, 2.45) is 0 Å². The number of aliphatic hydroxyl groups excluding tert-OH is 3. The van der Waals surface area contributed by atoms with Gasteiger partial charge in [-0.25, -0.2) is 0 Å². The van der Waals surface area contributed by atoms with E-state index in [4.69, 9.17) is 14.6 Å². The molecule has 1 heterocycles. The average Bonchev–Trinajstić information content (AvgIpc) is 2.52. The molecule has 0 saturated carbocycles. The maximum Gasteiger partial charge on any atom is 0.114 e. The van der Waals surface area contributed by atoms with Crippen LogP contribution in [0.25, 0.3) is 0 Å². The van der Waals surface area contributed by atoms with Crippen LogP contribution in [0.3, 0.4) is 0 Å². The van der Waals surface area contributed by atoms with Crippen molar-refractivity contribution in [2.45, 2.75) is 76.3 Å². The summed E-state index contributed by atoms with van der Waals surface area (Å²) in [5.41, 5.74) is 0. The summed E-state index contributed by atoms with van der Waals surface area (Å²) >= 11 is 0. The first-order valence-corrected chi connectivity index (χ1v) is 8.55. The minimum atomic E-state index is -0.999. The van der Waals surface area contributed by atoms with Crippen LogP contribution in [0, 0.1) is 0 Å².